The summed E-state index contributed by atoms with van der Waals surface area (Å²) in [5.41, 5.74) is 2.97. The fourth-order valence-corrected chi connectivity index (χ4v) is 3.67. The van der Waals surface area contributed by atoms with Crippen molar-refractivity contribution in [2.75, 3.05) is 19.8 Å². The van der Waals surface area contributed by atoms with E-state index in [-0.39, 0.29) is 17.3 Å². The van der Waals surface area contributed by atoms with E-state index < -0.39 is 15.9 Å². The maximum Gasteiger partial charge on any atom is 0.253 e. The van der Waals surface area contributed by atoms with Crippen LogP contribution in [0.25, 0.3) is 0 Å². The second kappa shape index (κ2) is 7.53. The number of carbonyl (C=O) groups is 1. The van der Waals surface area contributed by atoms with E-state index in [1.165, 1.54) is 18.3 Å². The van der Waals surface area contributed by atoms with Gasteiger partial charge in [0.15, 0.2) is 9.84 Å². The number of fused-ring (bicyclic) bond motifs is 1. The molecular formula is C18H20N4O4S. The molecule has 2 heterocycles. The Hall–Kier alpha value is -2.65. The van der Waals surface area contributed by atoms with Gasteiger partial charge in [-0.3, -0.25) is 14.7 Å². The van der Waals surface area contributed by atoms with E-state index >= 15 is 0 Å². The first kappa shape index (κ1) is 19.1. The summed E-state index contributed by atoms with van der Waals surface area (Å²) < 4.78 is 23.1. The smallest absolute Gasteiger partial charge is 0.253 e. The molecule has 0 saturated heterocycles. The Morgan fingerprint density at radius 1 is 1.30 bits per heavy atom. The summed E-state index contributed by atoms with van der Waals surface area (Å²) in [6, 6.07) is 7.19. The van der Waals surface area contributed by atoms with Crippen LogP contribution in [-0.4, -0.2) is 44.1 Å². The Kier molecular flexibility index (Phi) is 5.33. The summed E-state index contributed by atoms with van der Waals surface area (Å²) in [7, 11) is -1.34. The van der Waals surface area contributed by atoms with Gasteiger partial charge in [0.2, 0.25) is 0 Å². The molecule has 1 amide bonds. The van der Waals surface area contributed by atoms with Crippen LogP contribution in [0.3, 0.4) is 0 Å². The van der Waals surface area contributed by atoms with Gasteiger partial charge in [-0.25, -0.2) is 8.42 Å². The number of benzene rings is 1. The van der Waals surface area contributed by atoms with E-state index in [9.17, 15) is 18.1 Å². The number of sulfone groups is 1. The lowest BCUT2D eigenvalue weighted by Crippen LogP contribution is -2.30. The third-order valence-electron chi connectivity index (χ3n) is 4.46. The van der Waals surface area contributed by atoms with Crippen molar-refractivity contribution in [2.24, 2.45) is 5.18 Å². The molecule has 0 radical (unpaired) electrons. The summed E-state index contributed by atoms with van der Waals surface area (Å²) in [6.45, 7) is 1.32. The quantitative estimate of drug-likeness (QED) is 0.754. The van der Waals surface area contributed by atoms with Gasteiger partial charge in [0.25, 0.3) is 5.91 Å². The predicted molar refractivity (Wildman–Crippen MR) is 99.8 cm³/mol. The Balaban J connectivity index is 1.79. The summed E-state index contributed by atoms with van der Waals surface area (Å²) in [4.78, 5) is 30.0. The molecule has 1 N–H and O–H groups in total. The van der Waals surface area contributed by atoms with Gasteiger partial charge in [0.1, 0.15) is 6.54 Å². The predicted octanol–water partition coefficient (Wildman–Crippen LogP) is 1.67. The zero-order valence-electron chi connectivity index (χ0n) is 15.0. The van der Waals surface area contributed by atoms with Crippen LogP contribution in [0.2, 0.25) is 0 Å². The molecule has 142 valence electrons. The SMILES string of the molecule is CN1Cc2cc(C(=O)NC(CN=O)c3ccc(S(C)(=O)=O)cc3)cnc2C1. The van der Waals surface area contributed by atoms with E-state index in [1.807, 2.05) is 7.05 Å². The minimum atomic E-state index is -3.32. The third-order valence-corrected chi connectivity index (χ3v) is 5.58. The zero-order chi connectivity index (χ0) is 19.6. The lowest BCUT2D eigenvalue weighted by atomic mass is 10.1. The van der Waals surface area contributed by atoms with E-state index in [1.54, 1.807) is 18.2 Å². The number of nitroso groups, excluding NO2 is 1. The first-order chi connectivity index (χ1) is 12.8. The summed E-state index contributed by atoms with van der Waals surface area (Å²) >= 11 is 0. The molecule has 1 unspecified atom stereocenters. The average molecular weight is 388 g/mol. The van der Waals surface area contributed by atoms with E-state index in [2.05, 4.69) is 20.4 Å². The molecule has 3 rings (SSSR count). The van der Waals surface area contributed by atoms with Crippen LogP contribution in [0.1, 0.15) is 33.2 Å². The fourth-order valence-electron chi connectivity index (χ4n) is 3.04. The van der Waals surface area contributed by atoms with E-state index in [4.69, 9.17) is 0 Å². The largest absolute Gasteiger partial charge is 0.343 e. The molecule has 0 bridgehead atoms. The second-order valence-corrected chi connectivity index (χ2v) is 8.70. The highest BCUT2D eigenvalue weighted by Crippen LogP contribution is 2.21. The van der Waals surface area contributed by atoms with Gasteiger partial charge in [0, 0.05) is 25.5 Å². The molecule has 1 atom stereocenters. The topological polar surface area (TPSA) is 109 Å². The van der Waals surface area contributed by atoms with E-state index in [0.717, 1.165) is 30.6 Å². The lowest BCUT2D eigenvalue weighted by molar-refractivity contribution is 0.0937. The maximum atomic E-state index is 12.6. The number of carbonyl (C=O) groups excluding carboxylic acids is 1. The van der Waals surface area contributed by atoms with Gasteiger partial charge >= 0.3 is 0 Å². The maximum absolute atomic E-state index is 12.6. The van der Waals surface area contributed by atoms with Crippen LogP contribution >= 0.6 is 0 Å². The molecule has 0 fully saturated rings. The molecular weight excluding hydrogens is 368 g/mol. The van der Waals surface area contributed by atoms with Gasteiger partial charge in [-0.05, 0) is 36.4 Å². The number of hydrogen-bond donors (Lipinski definition) is 1. The van der Waals surface area contributed by atoms with Crippen LogP contribution in [0.5, 0.6) is 0 Å². The number of nitrogens with one attached hydrogen (secondary N) is 1. The van der Waals surface area contributed by atoms with Crippen molar-refractivity contribution in [1.82, 2.24) is 15.2 Å². The van der Waals surface area contributed by atoms with Crippen molar-refractivity contribution in [3.05, 3.63) is 63.8 Å². The Morgan fingerprint density at radius 2 is 2.00 bits per heavy atom. The highest BCUT2D eigenvalue weighted by atomic mass is 32.2. The molecule has 1 aliphatic heterocycles. The number of nitrogens with zero attached hydrogens (tertiary/aromatic N) is 3. The Morgan fingerprint density at radius 3 is 2.63 bits per heavy atom. The minimum absolute atomic E-state index is 0.162. The molecule has 0 aliphatic carbocycles. The van der Waals surface area contributed by atoms with Crippen LogP contribution in [0.4, 0.5) is 0 Å². The summed E-state index contributed by atoms with van der Waals surface area (Å²) in [5, 5.41) is 5.67. The molecule has 1 aliphatic rings. The molecule has 1 aromatic heterocycles. The zero-order valence-corrected chi connectivity index (χ0v) is 15.9. The van der Waals surface area contributed by atoms with Crippen LogP contribution in [0.15, 0.2) is 46.6 Å². The van der Waals surface area contributed by atoms with Gasteiger partial charge < -0.3 is 5.32 Å². The van der Waals surface area contributed by atoms with Crippen molar-refractivity contribution >= 4 is 15.7 Å². The van der Waals surface area contributed by atoms with Gasteiger partial charge in [-0.1, -0.05) is 17.3 Å². The van der Waals surface area contributed by atoms with Crippen molar-refractivity contribution in [3.63, 3.8) is 0 Å². The van der Waals surface area contributed by atoms with Gasteiger partial charge in [-0.2, -0.15) is 4.91 Å². The number of pyridine rings is 1. The molecule has 8 nitrogen and oxygen atoms in total. The molecule has 9 heteroatoms. The molecule has 2 aromatic rings. The minimum Gasteiger partial charge on any atom is -0.343 e. The van der Waals surface area contributed by atoms with E-state index in [0.29, 0.717) is 11.1 Å². The van der Waals surface area contributed by atoms with Crippen molar-refractivity contribution < 1.29 is 13.2 Å². The second-order valence-electron chi connectivity index (χ2n) is 6.68. The fraction of sp³-hybridized carbons (Fsp3) is 0.333. The standard InChI is InChI=1S/C18H20N4O4S/c1-22-10-14-7-13(8-19-17(14)11-22)18(23)21-16(9-20-24)12-3-5-15(6-4-12)27(2,25)26/h3-8,16H,9-11H2,1-2H3,(H,21,23). The lowest BCUT2D eigenvalue weighted by Gasteiger charge is -2.17. The first-order valence-electron chi connectivity index (χ1n) is 8.34. The van der Waals surface area contributed by atoms with Crippen molar-refractivity contribution in [3.8, 4) is 0 Å². The van der Waals surface area contributed by atoms with Gasteiger partial charge in [0.05, 0.1) is 22.2 Å². The number of aromatic nitrogens is 1. The van der Waals surface area contributed by atoms with Crippen molar-refractivity contribution in [2.45, 2.75) is 24.0 Å². The monoisotopic (exact) mass is 388 g/mol. The molecule has 27 heavy (non-hydrogen) atoms. The highest BCUT2D eigenvalue weighted by Gasteiger charge is 2.21. The van der Waals surface area contributed by atoms with Crippen LogP contribution in [0, 0.1) is 4.91 Å². The third kappa shape index (κ3) is 4.37. The number of amides is 1. The van der Waals surface area contributed by atoms with Crippen molar-refractivity contribution in [1.29, 1.82) is 0 Å². The van der Waals surface area contributed by atoms with Crippen LogP contribution in [-0.2, 0) is 22.9 Å². The molecule has 1 aromatic carbocycles. The number of rotatable bonds is 6. The van der Waals surface area contributed by atoms with Crippen LogP contribution < -0.4 is 5.32 Å². The first-order valence-corrected chi connectivity index (χ1v) is 10.2. The Bertz CT molecular complexity index is 973. The number of hydrogen-bond acceptors (Lipinski definition) is 7. The summed E-state index contributed by atoms with van der Waals surface area (Å²) in [5.74, 6) is -0.360. The highest BCUT2D eigenvalue weighted by molar-refractivity contribution is 7.90. The normalized spacial score (nSPS) is 15.2. The summed E-state index contributed by atoms with van der Waals surface area (Å²) in [6.07, 6.45) is 2.64. The average Bonchev–Trinajstić information content (AvgIpc) is 2.99. The molecule has 0 saturated carbocycles. The Labute approximate surface area is 157 Å². The molecule has 0 spiro atoms. The van der Waals surface area contributed by atoms with Gasteiger partial charge in [-0.15, -0.1) is 0 Å².